The van der Waals surface area contributed by atoms with E-state index >= 15 is 0 Å². The Morgan fingerprint density at radius 3 is 2.46 bits per heavy atom. The first-order chi connectivity index (χ1) is 24.6. The Morgan fingerprint density at radius 1 is 1.10 bits per heavy atom. The smallest absolute Gasteiger partial charge is 0.418 e. The van der Waals surface area contributed by atoms with Crippen molar-refractivity contribution >= 4 is 77.5 Å². The third-order valence-corrected chi connectivity index (χ3v) is 11.0. The molecule has 1 fully saturated rings. The minimum Gasteiger partial charge on any atom is -0.435 e. The number of hydrogen-bond acceptors (Lipinski definition) is 9. The molecule has 52 heavy (non-hydrogen) atoms. The summed E-state index contributed by atoms with van der Waals surface area (Å²) in [7, 11) is -2.05. The summed E-state index contributed by atoms with van der Waals surface area (Å²) in [6, 6.07) is 13.0. The average molecular weight is 844 g/mol. The molecule has 1 saturated carbocycles. The van der Waals surface area contributed by atoms with Crippen molar-refractivity contribution in [1.82, 2.24) is 19.5 Å². The minimum absolute atomic E-state index is 0.0183. The highest BCUT2D eigenvalue weighted by Crippen LogP contribution is 2.46. The van der Waals surface area contributed by atoms with Crippen LogP contribution in [0.2, 0.25) is 10.0 Å². The van der Waals surface area contributed by atoms with E-state index in [4.69, 9.17) is 32.7 Å². The van der Waals surface area contributed by atoms with E-state index in [9.17, 15) is 26.4 Å². The van der Waals surface area contributed by atoms with Gasteiger partial charge in [0.15, 0.2) is 28.1 Å². The molecule has 1 aliphatic carbocycles. The predicted octanol–water partition coefficient (Wildman–Crippen LogP) is 9.68. The maximum absolute atomic E-state index is 13.5. The van der Waals surface area contributed by atoms with E-state index in [2.05, 4.69) is 36.2 Å². The van der Waals surface area contributed by atoms with E-state index in [0.717, 1.165) is 11.6 Å². The molecule has 0 atom stereocenters. The average Bonchev–Trinajstić information content (AvgIpc) is 3.91. The number of aromatic nitrogens is 4. The maximum atomic E-state index is 13.5. The molecular weight excluding hydrogens is 810 g/mol. The molecule has 1 N–H and O–H groups in total. The van der Waals surface area contributed by atoms with Crippen molar-refractivity contribution in [2.45, 2.75) is 50.6 Å². The van der Waals surface area contributed by atoms with Crippen LogP contribution in [0.25, 0.3) is 22.7 Å². The highest BCUT2D eigenvalue weighted by atomic mass is 79.9. The van der Waals surface area contributed by atoms with E-state index in [1.807, 2.05) is 19.9 Å². The van der Waals surface area contributed by atoms with Crippen LogP contribution >= 0.6 is 39.1 Å². The van der Waals surface area contributed by atoms with E-state index in [1.54, 1.807) is 37.4 Å². The molecule has 0 amide bonds. The van der Waals surface area contributed by atoms with E-state index in [-0.39, 0.29) is 51.7 Å². The first kappa shape index (κ1) is 39.4. The summed E-state index contributed by atoms with van der Waals surface area (Å²) >= 11 is 15.7. The number of nitrogens with one attached hydrogen (secondary N) is 1. The number of pyridine rings is 2. The van der Waals surface area contributed by atoms with Gasteiger partial charge in [0.25, 0.3) is 0 Å². The molecular formula is C35H33BrCl2F3N5O5S. The lowest BCUT2D eigenvalue weighted by Crippen LogP contribution is -2.11. The summed E-state index contributed by atoms with van der Waals surface area (Å²) in [6.07, 6.45) is -1.78. The summed E-state index contributed by atoms with van der Waals surface area (Å²) in [5.74, 6) is -0.699. The van der Waals surface area contributed by atoms with Crippen molar-refractivity contribution in [2.24, 2.45) is 7.05 Å². The van der Waals surface area contributed by atoms with Gasteiger partial charge in [0.05, 0.1) is 48.9 Å². The topological polar surface area (TPSA) is 125 Å². The Hall–Kier alpha value is -3.76. The molecule has 2 aromatic carbocycles. The number of benzene rings is 2. The van der Waals surface area contributed by atoms with Gasteiger partial charge >= 0.3 is 12.1 Å². The lowest BCUT2D eigenvalue weighted by Gasteiger charge is -2.15. The number of carbonyl (C=O) groups excluding carboxylic acids is 1. The second kappa shape index (κ2) is 16.1. The molecule has 0 spiro atoms. The van der Waals surface area contributed by atoms with Gasteiger partial charge in [0.2, 0.25) is 0 Å². The quantitative estimate of drug-likeness (QED) is 0.0831. The number of fused-ring (bicyclic) bond motifs is 1. The first-order valence-corrected chi connectivity index (χ1v) is 19.2. The minimum atomic E-state index is -4.54. The number of hydrogen-bond donors (Lipinski definition) is 1. The van der Waals surface area contributed by atoms with Crippen molar-refractivity contribution < 1.29 is 35.9 Å². The number of carbonyl (C=O) groups is 1. The van der Waals surface area contributed by atoms with Gasteiger partial charge in [-0.1, -0.05) is 48.3 Å². The Kier molecular flexibility index (Phi) is 12.2. The molecule has 1 aliphatic rings. The second-order valence-electron chi connectivity index (χ2n) is 11.7. The third kappa shape index (κ3) is 8.71. The van der Waals surface area contributed by atoms with Crippen LogP contribution in [0, 0.1) is 6.92 Å². The number of halogens is 6. The lowest BCUT2D eigenvalue weighted by molar-refractivity contribution is -0.138. The zero-order valence-corrected chi connectivity index (χ0v) is 32.2. The summed E-state index contributed by atoms with van der Waals surface area (Å²) in [6.45, 7) is 5.60. The number of ether oxygens (including phenoxy) is 2. The number of esters is 1. The second-order valence-corrected chi connectivity index (χ2v) is 15.6. The van der Waals surface area contributed by atoms with E-state index in [1.165, 1.54) is 23.8 Å². The summed E-state index contributed by atoms with van der Waals surface area (Å²) in [5, 5.41) is 4.10. The molecule has 276 valence electrons. The number of imidazole rings is 1. The first-order valence-electron chi connectivity index (χ1n) is 16.0. The monoisotopic (exact) mass is 841 g/mol. The molecule has 10 nitrogen and oxygen atoms in total. The van der Waals surface area contributed by atoms with Crippen LogP contribution in [0.15, 0.2) is 64.1 Å². The number of anilines is 2. The number of sulfone groups is 1. The molecule has 0 radical (unpaired) electrons. The molecule has 0 aliphatic heterocycles. The van der Waals surface area contributed by atoms with Crippen LogP contribution in [-0.2, 0) is 32.5 Å². The van der Waals surface area contributed by atoms with Crippen LogP contribution in [-0.4, -0.2) is 53.1 Å². The highest BCUT2D eigenvalue weighted by molar-refractivity contribution is 9.10. The van der Waals surface area contributed by atoms with Crippen LogP contribution in [0.1, 0.15) is 59.8 Å². The fourth-order valence-electron chi connectivity index (χ4n) is 5.15. The zero-order chi connectivity index (χ0) is 38.0. The number of rotatable bonds is 10. The van der Waals surface area contributed by atoms with Crippen LogP contribution in [0.5, 0.6) is 0 Å². The molecule has 3 aromatic heterocycles. The number of aryl methyl sites for hydroxylation is 2. The van der Waals surface area contributed by atoms with Crippen LogP contribution < -0.4 is 5.32 Å². The number of alkyl halides is 3. The van der Waals surface area contributed by atoms with Crippen molar-refractivity contribution in [2.75, 3.05) is 24.5 Å². The van der Waals surface area contributed by atoms with Crippen LogP contribution in [0.4, 0.5) is 24.5 Å². The SMILES string of the molecule is CCOCOC(=O)c1ccccc1Nc1c(Cl)ccc(C)c1Cl.CCS(=O)(=O)c1cc(Br)cnc1-c1nc2cc(C(F)(F)F)c(C3CC3)nc2n1C. The Labute approximate surface area is 316 Å². The van der Waals surface area contributed by atoms with Gasteiger partial charge in [-0.3, -0.25) is 4.98 Å². The van der Waals surface area contributed by atoms with Gasteiger partial charge < -0.3 is 19.4 Å². The number of para-hydroxylation sites is 1. The summed E-state index contributed by atoms with van der Waals surface area (Å²) in [5.41, 5.74) is 1.99. The fourth-order valence-corrected chi connectivity index (χ4v) is 7.15. The Balaban J connectivity index is 0.000000207. The van der Waals surface area contributed by atoms with E-state index < -0.39 is 27.5 Å². The van der Waals surface area contributed by atoms with Gasteiger partial charge in [-0.25, -0.2) is 23.2 Å². The molecule has 0 bridgehead atoms. The normalized spacial score (nSPS) is 13.1. The lowest BCUT2D eigenvalue weighted by atomic mass is 10.1. The molecule has 6 rings (SSSR count). The largest absolute Gasteiger partial charge is 0.435 e. The zero-order valence-electron chi connectivity index (χ0n) is 28.3. The molecule has 3 heterocycles. The van der Waals surface area contributed by atoms with Crippen molar-refractivity contribution in [3.63, 3.8) is 0 Å². The van der Waals surface area contributed by atoms with Crippen molar-refractivity contribution in [3.8, 4) is 11.5 Å². The fraction of sp³-hybridized carbons (Fsp3) is 0.314. The van der Waals surface area contributed by atoms with Gasteiger partial charge in [0.1, 0.15) is 11.2 Å². The van der Waals surface area contributed by atoms with Crippen molar-refractivity contribution in [1.29, 1.82) is 0 Å². The van der Waals surface area contributed by atoms with Crippen LogP contribution in [0.3, 0.4) is 0 Å². The highest BCUT2D eigenvalue weighted by Gasteiger charge is 2.40. The van der Waals surface area contributed by atoms with Gasteiger partial charge in [-0.05, 0) is 78.5 Å². The van der Waals surface area contributed by atoms with E-state index in [0.29, 0.717) is 50.9 Å². The third-order valence-electron chi connectivity index (χ3n) is 8.06. The summed E-state index contributed by atoms with van der Waals surface area (Å²) in [4.78, 5) is 24.9. The Bertz CT molecular complexity index is 2250. The van der Waals surface area contributed by atoms with Gasteiger partial charge in [0, 0.05) is 30.2 Å². The molecule has 0 unspecified atom stereocenters. The van der Waals surface area contributed by atoms with Gasteiger partial charge in [-0.2, -0.15) is 13.2 Å². The summed E-state index contributed by atoms with van der Waals surface area (Å²) < 4.78 is 77.8. The Morgan fingerprint density at radius 2 is 1.81 bits per heavy atom. The molecule has 17 heteroatoms. The predicted molar refractivity (Wildman–Crippen MR) is 197 cm³/mol. The number of nitrogens with zero attached hydrogens (tertiary/aromatic N) is 4. The van der Waals surface area contributed by atoms with Gasteiger partial charge in [-0.15, -0.1) is 0 Å². The standard InChI is InChI=1S/C18H16BrF3N4O2S.C17H17Cl2NO3/c1-3-29(27,28)13-6-10(19)8-23-15(13)17-24-12-7-11(18(20,21)22)14(9-4-5-9)25-16(12)26(17)2;1-3-22-10-23-17(21)12-6-4-5-7-14(12)20-16-13(18)9-8-11(2)15(16)19/h6-9H,3-5H2,1-2H3;4-9,20H,3,10H2,1-2H3. The molecule has 0 saturated heterocycles. The maximum Gasteiger partial charge on any atom is 0.418 e. The van der Waals surface area contributed by atoms with Crippen molar-refractivity contribution in [3.05, 3.63) is 91.6 Å². The molecule has 5 aromatic rings.